The number of esters is 2. The van der Waals surface area contributed by atoms with Gasteiger partial charge in [-0.2, -0.15) is 0 Å². The number of likely N-dealkylation sites (N-methyl/N-ethyl adjacent to an activating group) is 1. The van der Waals surface area contributed by atoms with Crippen molar-refractivity contribution in [2.75, 3.05) is 38.3 Å². The number of amides is 1. The number of carbonyl (C=O) groups excluding carboxylic acids is 3. The van der Waals surface area contributed by atoms with E-state index in [1.54, 1.807) is 26.0 Å². The van der Waals surface area contributed by atoms with Gasteiger partial charge in [-0.25, -0.2) is 4.79 Å². The smallest absolute Gasteiger partial charge is 0.328 e. The lowest BCUT2D eigenvalue weighted by molar-refractivity contribution is -0.146. The Hall–Kier alpha value is -2.13. The summed E-state index contributed by atoms with van der Waals surface area (Å²) in [6, 6.07) is 4.29. The maximum absolute atomic E-state index is 12.7. The molecule has 1 amide bonds. The fourth-order valence-electron chi connectivity index (χ4n) is 2.76. The molecule has 1 aromatic rings. The first-order chi connectivity index (χ1) is 13.8. The largest absolute Gasteiger partial charge is 0.466 e. The Bertz CT molecular complexity index is 738. The quantitative estimate of drug-likeness (QED) is 0.391. The molecule has 0 aliphatic carbocycles. The molecular weight excluding hydrogens is 444 g/mol. The van der Waals surface area contributed by atoms with Gasteiger partial charge in [-0.1, -0.05) is 0 Å². The van der Waals surface area contributed by atoms with Crippen LogP contribution in [0, 0.1) is 0 Å². The van der Waals surface area contributed by atoms with Crippen LogP contribution in [0.3, 0.4) is 0 Å². The number of rotatable bonds is 11. The molecule has 8 nitrogen and oxygen atoms in total. The Labute approximate surface area is 179 Å². The molecule has 1 heterocycles. The normalized spacial score (nSPS) is 15.9. The van der Waals surface area contributed by atoms with Gasteiger partial charge in [0.15, 0.2) is 0 Å². The number of halogens is 1. The van der Waals surface area contributed by atoms with E-state index in [1.807, 2.05) is 18.0 Å². The summed E-state index contributed by atoms with van der Waals surface area (Å²) in [6.07, 6.45) is 0.362. The van der Waals surface area contributed by atoms with Gasteiger partial charge in [-0.15, -0.1) is 0 Å². The molecule has 0 aromatic heterocycles. The third-order valence-corrected chi connectivity index (χ3v) is 4.96. The Balaban J connectivity index is 2.03. The van der Waals surface area contributed by atoms with Gasteiger partial charge in [-0.05, 0) is 54.4 Å². The van der Waals surface area contributed by atoms with Crippen LogP contribution in [0.4, 0.5) is 5.69 Å². The van der Waals surface area contributed by atoms with E-state index in [1.165, 1.54) is 0 Å². The second-order valence-corrected chi connectivity index (χ2v) is 7.48. The van der Waals surface area contributed by atoms with Crippen molar-refractivity contribution in [1.29, 1.82) is 0 Å². The summed E-state index contributed by atoms with van der Waals surface area (Å²) in [5, 5.41) is 2.66. The second-order valence-electron chi connectivity index (χ2n) is 6.62. The maximum atomic E-state index is 12.7. The molecule has 2 rings (SSSR count). The Kier molecular flexibility index (Phi) is 8.91. The summed E-state index contributed by atoms with van der Waals surface area (Å²) in [4.78, 5) is 38.5. The molecule has 0 saturated carbocycles. The lowest BCUT2D eigenvalue weighted by Gasteiger charge is -2.21. The second kappa shape index (κ2) is 11.2. The Morgan fingerprint density at radius 3 is 2.55 bits per heavy atom. The highest BCUT2D eigenvalue weighted by Crippen LogP contribution is 2.28. The SMILES string of the molecule is CCOC(=O)CC[C@H](NC(=O)c1ccc(N(C)CC2CO2)c(Br)c1)C(=O)OCC. The average Bonchev–Trinajstić information content (AvgIpc) is 3.49. The molecule has 0 radical (unpaired) electrons. The fourth-order valence-corrected chi connectivity index (χ4v) is 3.45. The molecule has 1 aliphatic heterocycles. The van der Waals surface area contributed by atoms with Gasteiger partial charge in [-0.3, -0.25) is 9.59 Å². The molecule has 1 aromatic carbocycles. The van der Waals surface area contributed by atoms with Gasteiger partial charge < -0.3 is 24.4 Å². The monoisotopic (exact) mass is 470 g/mol. The molecule has 1 unspecified atom stereocenters. The van der Waals surface area contributed by atoms with Crippen molar-refractivity contribution in [3.63, 3.8) is 0 Å². The van der Waals surface area contributed by atoms with Gasteiger partial charge in [0.05, 0.1) is 31.6 Å². The number of anilines is 1. The third-order valence-electron chi connectivity index (χ3n) is 4.32. The summed E-state index contributed by atoms with van der Waals surface area (Å²) in [6.45, 7) is 5.37. The van der Waals surface area contributed by atoms with Crippen LogP contribution < -0.4 is 10.2 Å². The lowest BCUT2D eigenvalue weighted by atomic mass is 10.1. The van der Waals surface area contributed by atoms with Crippen molar-refractivity contribution in [2.45, 2.75) is 38.8 Å². The summed E-state index contributed by atoms with van der Waals surface area (Å²) in [5.41, 5.74) is 1.32. The van der Waals surface area contributed by atoms with Crippen molar-refractivity contribution < 1.29 is 28.6 Å². The van der Waals surface area contributed by atoms with E-state index in [0.717, 1.165) is 23.3 Å². The minimum atomic E-state index is -0.931. The summed E-state index contributed by atoms with van der Waals surface area (Å²) >= 11 is 3.50. The van der Waals surface area contributed by atoms with Gasteiger partial charge in [0, 0.05) is 30.0 Å². The van der Waals surface area contributed by atoms with Gasteiger partial charge in [0.1, 0.15) is 6.04 Å². The minimum Gasteiger partial charge on any atom is -0.466 e. The zero-order valence-corrected chi connectivity index (χ0v) is 18.5. The van der Waals surface area contributed by atoms with Crippen molar-refractivity contribution in [3.8, 4) is 0 Å². The van der Waals surface area contributed by atoms with Gasteiger partial charge in [0.25, 0.3) is 5.91 Å². The molecule has 0 bridgehead atoms. The number of hydrogen-bond donors (Lipinski definition) is 1. The number of epoxide rings is 1. The summed E-state index contributed by atoms with van der Waals surface area (Å²) < 4.78 is 15.9. The molecule has 9 heteroatoms. The highest BCUT2D eigenvalue weighted by atomic mass is 79.9. The van der Waals surface area contributed by atoms with Crippen LogP contribution >= 0.6 is 15.9 Å². The van der Waals surface area contributed by atoms with Gasteiger partial charge in [0.2, 0.25) is 0 Å². The lowest BCUT2D eigenvalue weighted by Crippen LogP contribution is -2.42. The average molecular weight is 471 g/mol. The van der Waals surface area contributed by atoms with E-state index in [0.29, 0.717) is 5.56 Å². The van der Waals surface area contributed by atoms with Crippen LogP contribution in [0.15, 0.2) is 22.7 Å². The number of ether oxygens (including phenoxy) is 3. The first kappa shape index (κ1) is 23.2. The van der Waals surface area contributed by atoms with E-state index >= 15 is 0 Å². The van der Waals surface area contributed by atoms with Crippen molar-refractivity contribution in [2.24, 2.45) is 0 Å². The van der Waals surface area contributed by atoms with Crippen LogP contribution in [-0.4, -0.2) is 63.4 Å². The number of nitrogens with zero attached hydrogens (tertiary/aromatic N) is 1. The zero-order chi connectivity index (χ0) is 21.4. The van der Waals surface area contributed by atoms with E-state index in [2.05, 4.69) is 21.2 Å². The molecular formula is C20H27BrN2O6. The first-order valence-corrected chi connectivity index (χ1v) is 10.4. The highest BCUT2D eigenvalue weighted by molar-refractivity contribution is 9.10. The first-order valence-electron chi connectivity index (χ1n) is 9.61. The number of benzene rings is 1. The topological polar surface area (TPSA) is 97.5 Å². The molecule has 1 aliphatic rings. The fraction of sp³-hybridized carbons (Fsp3) is 0.550. The molecule has 1 saturated heterocycles. The van der Waals surface area contributed by atoms with E-state index < -0.39 is 23.9 Å². The zero-order valence-electron chi connectivity index (χ0n) is 16.9. The molecule has 2 atom stereocenters. The van der Waals surface area contributed by atoms with Gasteiger partial charge >= 0.3 is 11.9 Å². The molecule has 1 N–H and O–H groups in total. The van der Waals surface area contributed by atoms with Crippen LogP contribution in [0.5, 0.6) is 0 Å². The highest BCUT2D eigenvalue weighted by Gasteiger charge is 2.26. The predicted octanol–water partition coefficient (Wildman–Crippen LogP) is 2.29. The van der Waals surface area contributed by atoms with Crippen LogP contribution in [0.1, 0.15) is 37.0 Å². The Morgan fingerprint density at radius 2 is 1.97 bits per heavy atom. The van der Waals surface area contributed by atoms with Crippen molar-refractivity contribution in [3.05, 3.63) is 28.2 Å². The third kappa shape index (κ3) is 7.32. The molecule has 160 valence electrons. The number of hydrogen-bond acceptors (Lipinski definition) is 7. The Morgan fingerprint density at radius 1 is 1.28 bits per heavy atom. The predicted molar refractivity (Wildman–Crippen MR) is 111 cm³/mol. The summed E-state index contributed by atoms with van der Waals surface area (Å²) in [7, 11) is 1.95. The number of carbonyl (C=O) groups is 3. The molecule has 29 heavy (non-hydrogen) atoms. The van der Waals surface area contributed by atoms with Crippen molar-refractivity contribution >= 4 is 39.5 Å². The van der Waals surface area contributed by atoms with E-state index in [4.69, 9.17) is 14.2 Å². The standard InChI is InChI=1S/C20H27BrN2O6/c1-4-27-18(24)9-7-16(20(26)28-5-2)22-19(25)13-6-8-17(15(21)10-13)23(3)11-14-12-29-14/h6,8,10,14,16H,4-5,7,9,11-12H2,1-3H3,(H,22,25)/t14?,16-/m0/s1. The van der Waals surface area contributed by atoms with Crippen LogP contribution in [0.2, 0.25) is 0 Å². The van der Waals surface area contributed by atoms with Crippen LogP contribution in [0.25, 0.3) is 0 Å². The molecule has 1 fully saturated rings. The minimum absolute atomic E-state index is 0.00820. The summed E-state index contributed by atoms with van der Waals surface area (Å²) in [5.74, 6) is -1.43. The number of nitrogens with one attached hydrogen (secondary N) is 1. The van der Waals surface area contributed by atoms with Crippen LogP contribution in [-0.2, 0) is 23.8 Å². The maximum Gasteiger partial charge on any atom is 0.328 e. The van der Waals surface area contributed by atoms with Crippen molar-refractivity contribution in [1.82, 2.24) is 5.32 Å². The van der Waals surface area contributed by atoms with E-state index in [9.17, 15) is 14.4 Å². The molecule has 0 spiro atoms. The van der Waals surface area contributed by atoms with E-state index in [-0.39, 0.29) is 32.2 Å².